The van der Waals surface area contributed by atoms with Gasteiger partial charge in [-0.15, -0.1) is 0 Å². The number of anilines is 3. The van der Waals surface area contributed by atoms with E-state index in [-0.39, 0.29) is 30.5 Å². The first kappa shape index (κ1) is 28.1. The first-order valence-electron chi connectivity index (χ1n) is 15.4. The zero-order valence-corrected chi connectivity index (χ0v) is 24.6. The zero-order chi connectivity index (χ0) is 30.6. The zero-order valence-electron chi connectivity index (χ0n) is 24.6. The monoisotopic (exact) mass is 610 g/mol. The Bertz CT molecular complexity index is 1730. The minimum Gasteiger partial charge on any atom is -0.394 e. The van der Waals surface area contributed by atoms with Gasteiger partial charge in [-0.05, 0) is 62.7 Å². The van der Waals surface area contributed by atoms with E-state index in [9.17, 15) is 15.0 Å². The molecule has 0 saturated carbocycles. The van der Waals surface area contributed by atoms with Gasteiger partial charge in [0.15, 0.2) is 11.5 Å². The van der Waals surface area contributed by atoms with Gasteiger partial charge in [0.05, 0.1) is 25.9 Å². The topological polar surface area (TPSA) is 162 Å². The number of nitrogens with one attached hydrogen (secondary N) is 2. The number of benzene rings is 2. The van der Waals surface area contributed by atoms with Crippen LogP contribution in [0.2, 0.25) is 0 Å². The molecule has 2 aromatic carbocycles. The maximum Gasteiger partial charge on any atom is 0.263 e. The molecule has 2 bridgehead atoms. The number of carbonyl (C=O) groups excluding carboxylic acids is 1. The molecule has 2 atom stereocenters. The summed E-state index contributed by atoms with van der Waals surface area (Å²) in [5.41, 5.74) is 1.30. The summed E-state index contributed by atoms with van der Waals surface area (Å²) in [6.45, 7) is 3.63. The van der Waals surface area contributed by atoms with Crippen LogP contribution in [0.4, 0.5) is 17.5 Å². The van der Waals surface area contributed by atoms with E-state index >= 15 is 0 Å². The highest BCUT2D eigenvalue weighted by molar-refractivity contribution is 6.00. The average molecular weight is 611 g/mol. The second-order valence-corrected chi connectivity index (χ2v) is 12.3. The van der Waals surface area contributed by atoms with Gasteiger partial charge >= 0.3 is 0 Å². The van der Waals surface area contributed by atoms with Crippen LogP contribution in [-0.2, 0) is 15.9 Å². The number of aliphatic hydroxyl groups excluding tert-OH is 1. The first-order valence-corrected chi connectivity index (χ1v) is 15.4. The van der Waals surface area contributed by atoms with Crippen LogP contribution in [0.5, 0.6) is 0 Å². The number of fused-ring (bicyclic) bond motifs is 6. The van der Waals surface area contributed by atoms with Crippen LogP contribution >= 0.6 is 0 Å². The number of nitrogens with zero attached hydrogens (tertiary/aromatic N) is 6. The minimum absolute atomic E-state index is 0.00219. The van der Waals surface area contributed by atoms with Gasteiger partial charge in [0.1, 0.15) is 11.4 Å². The Balaban J connectivity index is 1.13. The first-order chi connectivity index (χ1) is 22.0. The van der Waals surface area contributed by atoms with Crippen molar-refractivity contribution in [3.05, 3.63) is 77.2 Å². The van der Waals surface area contributed by atoms with Crippen molar-refractivity contribution in [1.82, 2.24) is 29.9 Å². The normalized spacial score (nSPS) is 26.0. The summed E-state index contributed by atoms with van der Waals surface area (Å²) in [5, 5.41) is 32.7. The quantitative estimate of drug-likeness (QED) is 0.231. The molecule has 45 heavy (non-hydrogen) atoms. The number of carbonyl (C=O) groups is 1. The van der Waals surface area contributed by atoms with E-state index in [1.165, 1.54) is 4.90 Å². The fourth-order valence-electron chi connectivity index (χ4n) is 7.04. The number of ether oxygens (including phenoxy) is 1. The molecule has 2 aromatic heterocycles. The van der Waals surface area contributed by atoms with E-state index in [1.54, 1.807) is 24.4 Å². The molecule has 232 valence electrons. The predicted octanol–water partition coefficient (Wildman–Crippen LogP) is 2.78. The number of aliphatic hydroxyl groups is 2. The molecule has 9 rings (SSSR count). The van der Waals surface area contributed by atoms with E-state index < -0.39 is 11.8 Å². The van der Waals surface area contributed by atoms with E-state index in [0.29, 0.717) is 47.2 Å². The Morgan fingerprint density at radius 2 is 1.80 bits per heavy atom. The summed E-state index contributed by atoms with van der Waals surface area (Å²) >= 11 is 0. The van der Waals surface area contributed by atoms with Gasteiger partial charge in [-0.3, -0.25) is 4.79 Å². The van der Waals surface area contributed by atoms with Crippen molar-refractivity contribution in [2.24, 2.45) is 0 Å². The standard InChI is InChI=1S/C32H34N8O5/c41-18-25(20-4-2-1-3-5-20)35-26-23(27-37-29(38-45-27)31-8-11-39(12-9-31)13-10-31)17-33-30(36-26)34-21-6-7-22-24(16-21)32(43)19-44-15-14-40(32)28(22)42/h1-7,16-17,25,41,43H,8-15,18-19H2,(H2,33,34,35,36)/t25-,32?/m1/s1. The van der Waals surface area contributed by atoms with Crippen LogP contribution in [0.25, 0.3) is 11.5 Å². The van der Waals surface area contributed by atoms with Crippen LogP contribution in [0, 0.1) is 0 Å². The highest BCUT2D eigenvalue weighted by atomic mass is 16.5. The maximum atomic E-state index is 12.9. The predicted molar refractivity (Wildman–Crippen MR) is 163 cm³/mol. The van der Waals surface area contributed by atoms with Crippen LogP contribution in [0.15, 0.2) is 59.3 Å². The number of morpholine rings is 1. The minimum atomic E-state index is -1.52. The van der Waals surface area contributed by atoms with Crippen molar-refractivity contribution < 1.29 is 24.3 Å². The Kier molecular flexibility index (Phi) is 6.78. The van der Waals surface area contributed by atoms with E-state index in [1.807, 2.05) is 30.3 Å². The number of hydrogen-bond donors (Lipinski definition) is 4. The number of hydrogen-bond acceptors (Lipinski definition) is 12. The third kappa shape index (κ3) is 4.74. The maximum absolute atomic E-state index is 12.9. The van der Waals surface area contributed by atoms with Crippen LogP contribution in [-0.4, -0.2) is 92.0 Å². The lowest BCUT2D eigenvalue weighted by atomic mass is 9.71. The van der Waals surface area contributed by atoms with Crippen molar-refractivity contribution in [2.45, 2.75) is 36.4 Å². The smallest absolute Gasteiger partial charge is 0.263 e. The van der Waals surface area contributed by atoms with Gasteiger partial charge in [0.2, 0.25) is 5.95 Å². The van der Waals surface area contributed by atoms with Crippen molar-refractivity contribution >= 4 is 23.4 Å². The molecular formula is C32H34N8O5. The van der Waals surface area contributed by atoms with Gasteiger partial charge in [-0.25, -0.2) is 4.98 Å². The molecular weight excluding hydrogens is 576 g/mol. The molecule has 0 aliphatic carbocycles. The van der Waals surface area contributed by atoms with Crippen molar-refractivity contribution in [3.63, 3.8) is 0 Å². The summed E-state index contributed by atoms with van der Waals surface area (Å²) in [5.74, 6) is 1.47. The Morgan fingerprint density at radius 1 is 1.00 bits per heavy atom. The molecule has 4 fully saturated rings. The molecule has 0 spiro atoms. The molecule has 1 unspecified atom stereocenters. The average Bonchev–Trinajstić information content (AvgIpc) is 3.67. The van der Waals surface area contributed by atoms with Crippen molar-refractivity contribution in [2.75, 3.05) is 56.6 Å². The van der Waals surface area contributed by atoms with E-state index in [2.05, 4.69) is 25.7 Å². The molecule has 7 heterocycles. The van der Waals surface area contributed by atoms with Gasteiger partial charge in [0.25, 0.3) is 11.8 Å². The van der Waals surface area contributed by atoms with Crippen LogP contribution in [0.1, 0.15) is 52.6 Å². The molecule has 4 aromatic rings. The van der Waals surface area contributed by atoms with Gasteiger partial charge in [-0.2, -0.15) is 9.97 Å². The highest BCUT2D eigenvalue weighted by Crippen LogP contribution is 2.43. The van der Waals surface area contributed by atoms with Gasteiger partial charge in [-0.1, -0.05) is 35.5 Å². The molecule has 1 amide bonds. The summed E-state index contributed by atoms with van der Waals surface area (Å²) in [4.78, 5) is 31.1. The number of rotatable bonds is 8. The van der Waals surface area contributed by atoms with E-state index in [0.717, 1.165) is 50.3 Å². The molecule has 13 nitrogen and oxygen atoms in total. The molecule has 0 radical (unpaired) electrons. The third-order valence-corrected chi connectivity index (χ3v) is 9.73. The summed E-state index contributed by atoms with van der Waals surface area (Å²) in [6.07, 6.45) is 4.63. The Morgan fingerprint density at radius 3 is 2.58 bits per heavy atom. The Labute approximate surface area is 259 Å². The molecule has 5 aliphatic heterocycles. The fourth-order valence-corrected chi connectivity index (χ4v) is 7.04. The molecule has 4 N–H and O–H groups in total. The molecule has 5 aliphatic rings. The van der Waals surface area contributed by atoms with Gasteiger partial charge < -0.3 is 39.9 Å². The van der Waals surface area contributed by atoms with Gasteiger partial charge in [0, 0.05) is 35.0 Å². The lowest BCUT2D eigenvalue weighted by molar-refractivity contribution is -0.169. The second-order valence-electron chi connectivity index (χ2n) is 12.3. The van der Waals surface area contributed by atoms with Crippen molar-refractivity contribution in [1.29, 1.82) is 0 Å². The van der Waals surface area contributed by atoms with Crippen LogP contribution in [0.3, 0.4) is 0 Å². The number of piperidine rings is 3. The SMILES string of the molecule is O=C1c2ccc(Nc3ncc(-c4nc(C56CCN(CC5)CC6)no4)c(N[C@H](CO)c4ccccc4)n3)cc2C2(O)COCCN12. The lowest BCUT2D eigenvalue weighted by Crippen LogP contribution is -2.52. The largest absolute Gasteiger partial charge is 0.394 e. The third-order valence-electron chi connectivity index (χ3n) is 9.73. The Hall–Kier alpha value is -4.43. The highest BCUT2D eigenvalue weighted by Gasteiger charge is 2.50. The second kappa shape index (κ2) is 10.9. The molecule has 4 saturated heterocycles. The summed E-state index contributed by atoms with van der Waals surface area (Å²) in [6, 6.07) is 14.3. The van der Waals surface area contributed by atoms with Crippen LogP contribution < -0.4 is 10.6 Å². The van der Waals surface area contributed by atoms with Crippen molar-refractivity contribution in [3.8, 4) is 11.5 Å². The summed E-state index contributed by atoms with van der Waals surface area (Å²) < 4.78 is 11.4. The summed E-state index contributed by atoms with van der Waals surface area (Å²) in [7, 11) is 0. The number of amides is 1. The fraction of sp³-hybridized carbons (Fsp3) is 0.406. The molecule has 13 heteroatoms. The van der Waals surface area contributed by atoms with E-state index in [4.69, 9.17) is 19.2 Å². The lowest BCUT2D eigenvalue weighted by Gasteiger charge is -2.46. The number of aromatic nitrogens is 4.